The second-order valence-electron chi connectivity index (χ2n) is 5.73. The molecule has 2 rings (SSSR count). The lowest BCUT2D eigenvalue weighted by Gasteiger charge is -2.30. The number of ether oxygens (including phenoxy) is 2. The maximum absolute atomic E-state index is 12.4. The molecule has 1 amide bonds. The van der Waals surface area contributed by atoms with Gasteiger partial charge < -0.3 is 19.5 Å². The fourth-order valence-electron chi connectivity index (χ4n) is 3.01. The van der Waals surface area contributed by atoms with Crippen molar-refractivity contribution in [1.82, 2.24) is 4.90 Å². The van der Waals surface area contributed by atoms with E-state index in [1.807, 2.05) is 30.3 Å². The number of benzene rings is 1. The molecule has 1 heterocycles. The quantitative estimate of drug-likeness (QED) is 0.637. The van der Waals surface area contributed by atoms with Gasteiger partial charge in [0.1, 0.15) is 6.61 Å². The molecule has 130 valence electrons. The van der Waals surface area contributed by atoms with Gasteiger partial charge in [0, 0.05) is 6.54 Å². The Morgan fingerprint density at radius 3 is 2.75 bits per heavy atom. The SMILES string of the molecule is C=CCC(C(=O)OC)[C@@H]1[C@@H](O)CCN1C(=O)OCc1ccccc1. The number of aliphatic hydroxyl groups is 1. The van der Waals surface area contributed by atoms with Crippen LogP contribution in [0.3, 0.4) is 0 Å². The van der Waals surface area contributed by atoms with Gasteiger partial charge in [-0.2, -0.15) is 0 Å². The van der Waals surface area contributed by atoms with Gasteiger partial charge in [-0.05, 0) is 18.4 Å². The van der Waals surface area contributed by atoms with Gasteiger partial charge >= 0.3 is 12.1 Å². The fraction of sp³-hybridized carbons (Fsp3) is 0.444. The van der Waals surface area contributed by atoms with E-state index in [1.165, 1.54) is 12.0 Å². The Labute approximate surface area is 141 Å². The first-order valence-electron chi connectivity index (χ1n) is 7.92. The molecule has 0 radical (unpaired) electrons. The summed E-state index contributed by atoms with van der Waals surface area (Å²) in [5.74, 6) is -1.13. The fourth-order valence-corrected chi connectivity index (χ4v) is 3.01. The Bertz CT molecular complexity index is 574. The van der Waals surface area contributed by atoms with E-state index in [1.54, 1.807) is 6.08 Å². The molecule has 0 aliphatic carbocycles. The number of esters is 1. The Kier molecular flexibility index (Phi) is 6.37. The van der Waals surface area contributed by atoms with Gasteiger partial charge in [-0.1, -0.05) is 36.4 Å². The molecule has 0 spiro atoms. The zero-order valence-corrected chi connectivity index (χ0v) is 13.8. The van der Waals surface area contributed by atoms with E-state index in [2.05, 4.69) is 6.58 Å². The molecular formula is C18H23NO5. The average Bonchev–Trinajstić information content (AvgIpc) is 2.99. The van der Waals surface area contributed by atoms with Crippen LogP contribution in [-0.2, 0) is 20.9 Å². The molecule has 1 aliphatic rings. The molecular weight excluding hydrogens is 310 g/mol. The minimum absolute atomic E-state index is 0.142. The highest BCUT2D eigenvalue weighted by molar-refractivity contribution is 5.76. The number of hydrogen-bond acceptors (Lipinski definition) is 5. The molecule has 0 saturated carbocycles. The standard InChI is InChI=1S/C18H23NO5/c1-3-7-14(17(21)23-2)16-15(20)10-11-19(16)18(22)24-12-13-8-5-4-6-9-13/h3-6,8-9,14-16,20H,1,7,10-12H2,2H3/t14?,15-,16+/m0/s1. The molecule has 1 aliphatic heterocycles. The Hall–Kier alpha value is -2.34. The first kappa shape index (κ1) is 18.0. The van der Waals surface area contributed by atoms with E-state index in [9.17, 15) is 14.7 Å². The largest absolute Gasteiger partial charge is 0.469 e. The lowest BCUT2D eigenvalue weighted by atomic mass is 9.92. The minimum Gasteiger partial charge on any atom is -0.469 e. The summed E-state index contributed by atoms with van der Waals surface area (Å²) in [5.41, 5.74) is 0.873. The third-order valence-electron chi connectivity index (χ3n) is 4.20. The Morgan fingerprint density at radius 2 is 2.12 bits per heavy atom. The predicted octanol–water partition coefficient (Wildman–Crippen LogP) is 2.12. The summed E-state index contributed by atoms with van der Waals surface area (Å²) < 4.78 is 10.1. The summed E-state index contributed by atoms with van der Waals surface area (Å²) in [6, 6.07) is 8.66. The average molecular weight is 333 g/mol. The molecule has 1 aromatic rings. The first-order chi connectivity index (χ1) is 11.6. The van der Waals surface area contributed by atoms with E-state index >= 15 is 0 Å². The van der Waals surface area contributed by atoms with Gasteiger partial charge in [0.15, 0.2) is 0 Å². The van der Waals surface area contributed by atoms with Gasteiger partial charge in [-0.3, -0.25) is 4.79 Å². The van der Waals surface area contributed by atoms with Crippen molar-refractivity contribution in [3.05, 3.63) is 48.6 Å². The molecule has 24 heavy (non-hydrogen) atoms. The van der Waals surface area contributed by atoms with Gasteiger partial charge in [-0.25, -0.2) is 4.79 Å². The molecule has 1 fully saturated rings. The normalized spacial score (nSPS) is 21.2. The molecule has 0 bridgehead atoms. The van der Waals surface area contributed by atoms with Crippen molar-refractivity contribution in [2.24, 2.45) is 5.92 Å². The number of rotatable bonds is 6. The van der Waals surface area contributed by atoms with Crippen LogP contribution in [0.2, 0.25) is 0 Å². The summed E-state index contributed by atoms with van der Waals surface area (Å²) in [7, 11) is 1.29. The van der Waals surface area contributed by atoms with Crippen LogP contribution in [0.25, 0.3) is 0 Å². The number of nitrogens with zero attached hydrogens (tertiary/aromatic N) is 1. The van der Waals surface area contributed by atoms with Crippen LogP contribution >= 0.6 is 0 Å². The number of allylic oxidation sites excluding steroid dienone is 1. The molecule has 3 atom stereocenters. The van der Waals surface area contributed by atoms with Crippen molar-refractivity contribution in [3.63, 3.8) is 0 Å². The lowest BCUT2D eigenvalue weighted by molar-refractivity contribution is -0.148. The van der Waals surface area contributed by atoms with E-state index in [4.69, 9.17) is 9.47 Å². The zero-order chi connectivity index (χ0) is 17.5. The minimum atomic E-state index is -0.793. The second-order valence-corrected chi connectivity index (χ2v) is 5.73. The van der Waals surface area contributed by atoms with E-state index < -0.39 is 30.1 Å². The lowest BCUT2D eigenvalue weighted by Crippen LogP contribution is -2.47. The number of methoxy groups -OCH3 is 1. The van der Waals surface area contributed by atoms with E-state index in [-0.39, 0.29) is 6.61 Å². The first-order valence-corrected chi connectivity index (χ1v) is 7.92. The van der Waals surface area contributed by atoms with Crippen molar-refractivity contribution in [2.75, 3.05) is 13.7 Å². The smallest absolute Gasteiger partial charge is 0.410 e. The molecule has 1 saturated heterocycles. The van der Waals surface area contributed by atoms with Gasteiger partial charge in [0.05, 0.1) is 25.2 Å². The summed E-state index contributed by atoms with van der Waals surface area (Å²) in [5, 5.41) is 10.2. The molecule has 6 heteroatoms. The highest BCUT2D eigenvalue weighted by atomic mass is 16.6. The number of carbonyl (C=O) groups excluding carboxylic acids is 2. The van der Waals surface area contributed by atoms with Crippen LogP contribution in [-0.4, -0.2) is 47.9 Å². The number of hydrogen-bond donors (Lipinski definition) is 1. The number of aliphatic hydroxyl groups excluding tert-OH is 1. The third kappa shape index (κ3) is 4.14. The van der Waals surface area contributed by atoms with Crippen LogP contribution in [0.5, 0.6) is 0 Å². The Balaban J connectivity index is 2.07. The number of carbonyl (C=O) groups is 2. The van der Waals surface area contributed by atoms with E-state index in [0.29, 0.717) is 19.4 Å². The third-order valence-corrected chi connectivity index (χ3v) is 4.20. The van der Waals surface area contributed by atoms with E-state index in [0.717, 1.165) is 5.56 Å². The molecule has 6 nitrogen and oxygen atoms in total. The number of likely N-dealkylation sites (tertiary alicyclic amines) is 1. The van der Waals surface area contributed by atoms with Crippen LogP contribution < -0.4 is 0 Å². The maximum atomic E-state index is 12.4. The van der Waals surface area contributed by atoms with Crippen molar-refractivity contribution in [3.8, 4) is 0 Å². The Morgan fingerprint density at radius 1 is 1.42 bits per heavy atom. The van der Waals surface area contributed by atoms with Crippen LogP contribution in [0.15, 0.2) is 43.0 Å². The van der Waals surface area contributed by atoms with Gasteiger partial charge in [0.25, 0.3) is 0 Å². The monoisotopic (exact) mass is 333 g/mol. The van der Waals surface area contributed by atoms with Gasteiger partial charge in [-0.15, -0.1) is 6.58 Å². The van der Waals surface area contributed by atoms with Crippen LogP contribution in [0.1, 0.15) is 18.4 Å². The summed E-state index contributed by atoms with van der Waals surface area (Å²) >= 11 is 0. The van der Waals surface area contributed by atoms with Gasteiger partial charge in [0.2, 0.25) is 0 Å². The van der Waals surface area contributed by atoms with Crippen LogP contribution in [0, 0.1) is 5.92 Å². The topological polar surface area (TPSA) is 76.1 Å². The molecule has 1 N–H and O–H groups in total. The molecule has 1 unspecified atom stereocenters. The maximum Gasteiger partial charge on any atom is 0.410 e. The summed E-state index contributed by atoms with van der Waals surface area (Å²) in [4.78, 5) is 25.8. The summed E-state index contributed by atoms with van der Waals surface area (Å²) in [6.07, 6.45) is 0.962. The summed E-state index contributed by atoms with van der Waals surface area (Å²) in [6.45, 7) is 4.11. The zero-order valence-electron chi connectivity index (χ0n) is 13.8. The highest BCUT2D eigenvalue weighted by Gasteiger charge is 2.44. The van der Waals surface area contributed by atoms with Crippen molar-refractivity contribution >= 4 is 12.1 Å². The van der Waals surface area contributed by atoms with Crippen molar-refractivity contribution in [1.29, 1.82) is 0 Å². The second kappa shape index (κ2) is 8.49. The molecule has 0 aromatic heterocycles. The van der Waals surface area contributed by atoms with Crippen LogP contribution in [0.4, 0.5) is 4.79 Å². The highest BCUT2D eigenvalue weighted by Crippen LogP contribution is 2.28. The van der Waals surface area contributed by atoms with Crippen molar-refractivity contribution in [2.45, 2.75) is 31.6 Å². The number of amides is 1. The van der Waals surface area contributed by atoms with Crippen molar-refractivity contribution < 1.29 is 24.2 Å². The molecule has 1 aromatic carbocycles. The predicted molar refractivity (Wildman–Crippen MR) is 88.1 cm³/mol.